The average molecular weight is 416 g/mol. The van der Waals surface area contributed by atoms with Crippen molar-refractivity contribution in [3.05, 3.63) is 53.0 Å². The van der Waals surface area contributed by atoms with Gasteiger partial charge in [0, 0.05) is 19.1 Å². The fourth-order valence-corrected chi connectivity index (χ4v) is 5.23. The van der Waals surface area contributed by atoms with Crippen LogP contribution in [0, 0.1) is 19.3 Å². The molecule has 1 saturated heterocycles. The number of piperidine rings is 1. The highest BCUT2D eigenvalue weighted by Gasteiger charge is 2.46. The van der Waals surface area contributed by atoms with Crippen LogP contribution < -0.4 is 10.6 Å². The lowest BCUT2D eigenvalue weighted by molar-refractivity contribution is 0.187. The molecular formula is C23H24N6O2. The summed E-state index contributed by atoms with van der Waals surface area (Å²) in [5.41, 5.74) is 12.2. The summed E-state index contributed by atoms with van der Waals surface area (Å²) in [7, 11) is 0. The molecule has 1 atom stereocenters. The molecule has 6 rings (SSSR count). The Balaban J connectivity index is 1.24. The second kappa shape index (κ2) is 6.62. The third kappa shape index (κ3) is 2.78. The number of hydrogen-bond donors (Lipinski definition) is 1. The molecule has 4 aromatic rings. The molecule has 31 heavy (non-hydrogen) atoms. The predicted molar refractivity (Wildman–Crippen MR) is 116 cm³/mol. The molecule has 0 unspecified atom stereocenters. The molecule has 4 heterocycles. The first-order chi connectivity index (χ1) is 15.0. The van der Waals surface area contributed by atoms with Crippen molar-refractivity contribution in [1.29, 1.82) is 0 Å². The first-order valence-electron chi connectivity index (χ1n) is 10.7. The summed E-state index contributed by atoms with van der Waals surface area (Å²) in [6.45, 7) is 5.46. The molecule has 1 aromatic carbocycles. The molecule has 0 amide bonds. The van der Waals surface area contributed by atoms with Crippen molar-refractivity contribution in [2.45, 2.75) is 39.2 Å². The molecule has 2 aliphatic rings. The van der Waals surface area contributed by atoms with Gasteiger partial charge in [-0.1, -0.05) is 29.4 Å². The summed E-state index contributed by atoms with van der Waals surface area (Å²) >= 11 is 0. The van der Waals surface area contributed by atoms with Gasteiger partial charge < -0.3 is 19.6 Å². The normalized spacial score (nSPS) is 20.0. The van der Waals surface area contributed by atoms with Crippen LogP contribution in [0.4, 0.5) is 5.95 Å². The van der Waals surface area contributed by atoms with E-state index in [1.54, 1.807) is 6.20 Å². The fraction of sp³-hybridized carbons (Fsp3) is 0.391. The number of benzene rings is 1. The lowest BCUT2D eigenvalue weighted by atomic mass is 9.73. The summed E-state index contributed by atoms with van der Waals surface area (Å²) in [6, 6.07) is 8.69. The van der Waals surface area contributed by atoms with Crippen molar-refractivity contribution < 1.29 is 8.94 Å². The Kier molecular flexibility index (Phi) is 3.95. The molecule has 3 aromatic heterocycles. The number of nitrogens with two attached hydrogens (primary N) is 1. The lowest BCUT2D eigenvalue weighted by Gasteiger charge is -2.42. The average Bonchev–Trinajstić information content (AvgIpc) is 3.42. The van der Waals surface area contributed by atoms with Crippen LogP contribution in [-0.4, -0.2) is 33.2 Å². The Bertz CT molecular complexity index is 1260. The molecule has 8 nitrogen and oxygen atoms in total. The molecular weight excluding hydrogens is 392 g/mol. The van der Waals surface area contributed by atoms with Crippen molar-refractivity contribution in [1.82, 2.24) is 20.1 Å². The van der Waals surface area contributed by atoms with Crippen LogP contribution in [0.1, 0.15) is 41.5 Å². The van der Waals surface area contributed by atoms with E-state index in [-0.39, 0.29) is 11.5 Å². The monoisotopic (exact) mass is 416 g/mol. The molecule has 1 aliphatic carbocycles. The van der Waals surface area contributed by atoms with Crippen molar-refractivity contribution in [3.63, 3.8) is 0 Å². The summed E-state index contributed by atoms with van der Waals surface area (Å²) < 4.78 is 11.2. The minimum atomic E-state index is 0.0983. The molecule has 158 valence electrons. The number of fused-ring (bicyclic) bond motifs is 2. The number of anilines is 1. The van der Waals surface area contributed by atoms with Gasteiger partial charge in [0.05, 0.1) is 11.9 Å². The van der Waals surface area contributed by atoms with Gasteiger partial charge in [0.15, 0.2) is 0 Å². The molecule has 0 radical (unpaired) electrons. The van der Waals surface area contributed by atoms with Gasteiger partial charge in [0.1, 0.15) is 16.8 Å². The zero-order valence-corrected chi connectivity index (χ0v) is 17.6. The maximum Gasteiger partial charge on any atom is 0.252 e. The summed E-state index contributed by atoms with van der Waals surface area (Å²) in [6.07, 6.45) is 4.82. The van der Waals surface area contributed by atoms with E-state index < -0.39 is 0 Å². The van der Waals surface area contributed by atoms with Gasteiger partial charge in [-0.05, 0) is 49.7 Å². The Hall–Kier alpha value is -3.26. The van der Waals surface area contributed by atoms with Crippen molar-refractivity contribution in [3.8, 4) is 11.5 Å². The Morgan fingerprint density at radius 2 is 1.94 bits per heavy atom. The number of nitrogens with zero attached hydrogens (tertiary/aromatic N) is 5. The zero-order valence-electron chi connectivity index (χ0n) is 17.6. The first-order valence-corrected chi connectivity index (χ1v) is 10.7. The van der Waals surface area contributed by atoms with Gasteiger partial charge in [-0.25, -0.2) is 9.97 Å². The van der Waals surface area contributed by atoms with E-state index in [0.29, 0.717) is 28.8 Å². The molecule has 1 aliphatic heterocycles. The summed E-state index contributed by atoms with van der Waals surface area (Å²) in [4.78, 5) is 16.0. The Morgan fingerprint density at radius 3 is 2.68 bits per heavy atom. The van der Waals surface area contributed by atoms with Gasteiger partial charge in [-0.2, -0.15) is 4.98 Å². The van der Waals surface area contributed by atoms with Crippen LogP contribution in [0.5, 0.6) is 0 Å². The van der Waals surface area contributed by atoms with E-state index >= 15 is 0 Å². The minimum Gasteiger partial charge on any atom is -0.417 e. The number of oxazole rings is 1. The van der Waals surface area contributed by atoms with Crippen molar-refractivity contribution >= 4 is 17.2 Å². The summed E-state index contributed by atoms with van der Waals surface area (Å²) in [5, 5.41) is 3.98. The standard InChI is InChI=1S/C23H24N6O2/c1-13-18(14(2)31-28-13)21-26-17-12-25-22(27-20(17)30-21)29-9-7-23(8-10-29)11-15-5-3-4-6-16(15)19(23)24/h3-6,12,19H,7-11,24H2,1-2H3/t19-/m1/s1. The molecule has 1 fully saturated rings. The number of hydrogen-bond acceptors (Lipinski definition) is 8. The Labute approximate surface area is 179 Å². The number of aryl methyl sites for hydroxylation is 2. The van der Waals surface area contributed by atoms with Crippen molar-refractivity contribution in [2.24, 2.45) is 11.1 Å². The molecule has 8 heteroatoms. The molecule has 2 N–H and O–H groups in total. The van der Waals surface area contributed by atoms with E-state index in [4.69, 9.17) is 14.7 Å². The van der Waals surface area contributed by atoms with Crippen molar-refractivity contribution in [2.75, 3.05) is 18.0 Å². The van der Waals surface area contributed by atoms with Crippen LogP contribution in [0.2, 0.25) is 0 Å². The SMILES string of the molecule is Cc1noc(C)c1-c1nc2cnc(N3CCC4(CC3)Cc3ccccc3[C@H]4N)nc2o1. The minimum absolute atomic E-state index is 0.0983. The predicted octanol–water partition coefficient (Wildman–Crippen LogP) is 3.73. The zero-order chi connectivity index (χ0) is 21.2. The van der Waals surface area contributed by atoms with Crippen LogP contribution in [0.25, 0.3) is 22.7 Å². The molecule has 1 spiro atoms. The maximum atomic E-state index is 6.70. The van der Waals surface area contributed by atoms with Gasteiger partial charge in [-0.15, -0.1) is 0 Å². The smallest absolute Gasteiger partial charge is 0.252 e. The molecule has 0 bridgehead atoms. The van der Waals surface area contributed by atoms with E-state index in [1.165, 1.54) is 11.1 Å². The quantitative estimate of drug-likeness (QED) is 0.527. The third-order valence-corrected chi connectivity index (χ3v) is 7.02. The second-order valence-corrected chi connectivity index (χ2v) is 8.78. The van der Waals surface area contributed by atoms with E-state index in [2.05, 4.69) is 49.3 Å². The Morgan fingerprint density at radius 1 is 1.13 bits per heavy atom. The first kappa shape index (κ1) is 18.5. The fourth-order valence-electron chi connectivity index (χ4n) is 5.23. The van der Waals surface area contributed by atoms with E-state index in [9.17, 15) is 0 Å². The van der Waals surface area contributed by atoms with Gasteiger partial charge in [0.2, 0.25) is 11.8 Å². The maximum absolute atomic E-state index is 6.70. The third-order valence-electron chi connectivity index (χ3n) is 7.02. The second-order valence-electron chi connectivity index (χ2n) is 8.78. The van der Waals surface area contributed by atoms with Gasteiger partial charge >= 0.3 is 0 Å². The van der Waals surface area contributed by atoms with E-state index in [0.717, 1.165) is 43.6 Å². The van der Waals surface area contributed by atoms with E-state index in [1.807, 2.05) is 13.8 Å². The largest absolute Gasteiger partial charge is 0.417 e. The van der Waals surface area contributed by atoms with Crippen LogP contribution in [0.15, 0.2) is 39.4 Å². The molecule has 0 saturated carbocycles. The number of rotatable bonds is 2. The number of aromatic nitrogens is 4. The van der Waals surface area contributed by atoms with Gasteiger partial charge in [-0.3, -0.25) is 0 Å². The highest BCUT2D eigenvalue weighted by Crippen LogP contribution is 2.50. The summed E-state index contributed by atoms with van der Waals surface area (Å²) in [5.74, 6) is 1.81. The highest BCUT2D eigenvalue weighted by molar-refractivity contribution is 5.74. The van der Waals surface area contributed by atoms with Gasteiger partial charge in [0.25, 0.3) is 5.71 Å². The van der Waals surface area contributed by atoms with Crippen LogP contribution in [-0.2, 0) is 6.42 Å². The lowest BCUT2D eigenvalue weighted by Crippen LogP contribution is -2.44. The highest BCUT2D eigenvalue weighted by atomic mass is 16.5. The topological polar surface area (TPSA) is 107 Å². The van der Waals surface area contributed by atoms with Crippen LogP contribution in [0.3, 0.4) is 0 Å². The van der Waals surface area contributed by atoms with Crippen LogP contribution >= 0.6 is 0 Å².